The molecule has 0 aromatic carbocycles. The van der Waals surface area contributed by atoms with E-state index in [1.807, 2.05) is 68.1 Å². The molecule has 0 saturated carbocycles. The molecule has 2 rings (SSSR count). The van der Waals surface area contributed by atoms with Crippen LogP contribution in [0.25, 0.3) is 5.82 Å². The Morgan fingerprint density at radius 3 is 2.21 bits per heavy atom. The van der Waals surface area contributed by atoms with Crippen molar-refractivity contribution in [2.24, 2.45) is 0 Å². The Hall–Kier alpha value is -1.57. The van der Waals surface area contributed by atoms with Crippen molar-refractivity contribution in [1.29, 1.82) is 0 Å². The van der Waals surface area contributed by atoms with Gasteiger partial charge in [0.15, 0.2) is 0 Å². The monoisotopic (exact) mass is 188 g/mol. The van der Waals surface area contributed by atoms with E-state index in [9.17, 15) is 0 Å². The summed E-state index contributed by atoms with van der Waals surface area (Å²) in [4.78, 5) is 4.38. The third-order valence-corrected chi connectivity index (χ3v) is 1.74. The predicted octanol–water partition coefficient (Wildman–Crippen LogP) is 3.21. The molecule has 0 aliphatic carbocycles. The highest BCUT2D eigenvalue weighted by Crippen LogP contribution is 2.04. The Bertz CT molecular complexity index is 364. The fraction of sp³-hybridized carbons (Fsp3) is 0.250. The molecule has 0 aliphatic rings. The highest BCUT2D eigenvalue weighted by atomic mass is 15.0. The number of aromatic nitrogens is 2. The van der Waals surface area contributed by atoms with Crippen molar-refractivity contribution >= 4 is 0 Å². The van der Waals surface area contributed by atoms with E-state index in [1.54, 1.807) is 0 Å². The van der Waals surface area contributed by atoms with Gasteiger partial charge in [-0.25, -0.2) is 4.98 Å². The molecule has 0 amide bonds. The fourth-order valence-corrected chi connectivity index (χ4v) is 1.16. The molecule has 0 unspecified atom stereocenters. The number of aryl methyl sites for hydroxylation is 1. The molecule has 2 nitrogen and oxygen atoms in total. The second-order valence-electron chi connectivity index (χ2n) is 2.73. The zero-order chi connectivity index (χ0) is 10.4. The summed E-state index contributed by atoms with van der Waals surface area (Å²) in [5, 5.41) is 0. The second-order valence-corrected chi connectivity index (χ2v) is 2.73. The Morgan fingerprint density at radius 1 is 1.00 bits per heavy atom. The van der Waals surface area contributed by atoms with Gasteiger partial charge in [0, 0.05) is 18.1 Å². The van der Waals surface area contributed by atoms with Gasteiger partial charge in [-0.15, -0.1) is 0 Å². The zero-order valence-electron chi connectivity index (χ0n) is 8.94. The van der Waals surface area contributed by atoms with Crippen molar-refractivity contribution in [3.63, 3.8) is 0 Å². The molecule has 2 heterocycles. The van der Waals surface area contributed by atoms with Gasteiger partial charge in [0.05, 0.1) is 0 Å². The third-order valence-electron chi connectivity index (χ3n) is 1.74. The molecule has 0 aliphatic heterocycles. The van der Waals surface area contributed by atoms with E-state index in [-0.39, 0.29) is 0 Å². The third kappa shape index (κ3) is 2.46. The highest BCUT2D eigenvalue weighted by Gasteiger charge is 1.94. The lowest BCUT2D eigenvalue weighted by Crippen LogP contribution is -1.94. The van der Waals surface area contributed by atoms with Crippen LogP contribution in [0, 0.1) is 6.92 Å². The maximum absolute atomic E-state index is 4.38. The minimum absolute atomic E-state index is 0.972. The van der Waals surface area contributed by atoms with Gasteiger partial charge in [-0.05, 0) is 31.2 Å². The second kappa shape index (κ2) is 5.22. The van der Waals surface area contributed by atoms with Gasteiger partial charge in [0.25, 0.3) is 0 Å². The molecule has 0 N–H and O–H groups in total. The summed E-state index contributed by atoms with van der Waals surface area (Å²) in [6.45, 7) is 5.99. The number of pyridine rings is 1. The lowest BCUT2D eigenvalue weighted by Gasteiger charge is -2.01. The van der Waals surface area contributed by atoms with Gasteiger partial charge in [0.1, 0.15) is 5.82 Å². The molecule has 2 aromatic heterocycles. The minimum Gasteiger partial charge on any atom is -0.309 e. The summed E-state index contributed by atoms with van der Waals surface area (Å²) >= 11 is 0. The van der Waals surface area contributed by atoms with Crippen LogP contribution in [0.2, 0.25) is 0 Å². The number of rotatable bonds is 1. The molecule has 0 bridgehead atoms. The number of nitrogens with zero attached hydrogens (tertiary/aromatic N) is 2. The molecule has 0 radical (unpaired) electrons. The van der Waals surface area contributed by atoms with E-state index in [4.69, 9.17) is 0 Å². The van der Waals surface area contributed by atoms with Gasteiger partial charge in [-0.1, -0.05) is 19.9 Å². The van der Waals surface area contributed by atoms with E-state index >= 15 is 0 Å². The summed E-state index contributed by atoms with van der Waals surface area (Å²) in [5.74, 6) is 0.972. The van der Waals surface area contributed by atoms with E-state index in [0.29, 0.717) is 0 Å². The van der Waals surface area contributed by atoms with Crippen LogP contribution < -0.4 is 0 Å². The molecular formula is C12H16N2. The SMILES string of the molecule is CC.Cc1cccc(-n2cccc2)n1. The van der Waals surface area contributed by atoms with Gasteiger partial charge in [-0.3, -0.25) is 0 Å². The van der Waals surface area contributed by atoms with Gasteiger partial charge >= 0.3 is 0 Å². The van der Waals surface area contributed by atoms with Gasteiger partial charge < -0.3 is 4.57 Å². The quantitative estimate of drug-likeness (QED) is 0.672. The molecular weight excluding hydrogens is 172 g/mol. The first-order chi connectivity index (χ1) is 6.86. The maximum Gasteiger partial charge on any atom is 0.136 e. The van der Waals surface area contributed by atoms with Crippen LogP contribution in [-0.4, -0.2) is 9.55 Å². The van der Waals surface area contributed by atoms with E-state index in [2.05, 4.69) is 4.98 Å². The van der Waals surface area contributed by atoms with Crippen molar-refractivity contribution in [2.45, 2.75) is 20.8 Å². The lowest BCUT2D eigenvalue weighted by atomic mass is 10.4. The average Bonchev–Trinajstić information content (AvgIpc) is 2.74. The van der Waals surface area contributed by atoms with Crippen molar-refractivity contribution in [1.82, 2.24) is 9.55 Å². The topological polar surface area (TPSA) is 17.8 Å². The van der Waals surface area contributed by atoms with Crippen molar-refractivity contribution in [3.05, 3.63) is 48.4 Å². The fourth-order valence-electron chi connectivity index (χ4n) is 1.16. The summed E-state index contributed by atoms with van der Waals surface area (Å²) < 4.78 is 1.99. The summed E-state index contributed by atoms with van der Waals surface area (Å²) in [7, 11) is 0. The summed E-state index contributed by atoms with van der Waals surface area (Å²) in [6.07, 6.45) is 3.98. The smallest absolute Gasteiger partial charge is 0.136 e. The first-order valence-electron chi connectivity index (χ1n) is 4.93. The Morgan fingerprint density at radius 2 is 1.64 bits per heavy atom. The molecule has 2 aromatic rings. The van der Waals surface area contributed by atoms with Crippen LogP contribution in [0.3, 0.4) is 0 Å². The van der Waals surface area contributed by atoms with Crippen LogP contribution >= 0.6 is 0 Å². The molecule has 0 saturated heterocycles. The molecule has 0 atom stereocenters. The predicted molar refractivity (Wildman–Crippen MR) is 59.6 cm³/mol. The number of hydrogen-bond acceptors (Lipinski definition) is 1. The van der Waals surface area contributed by atoms with Crippen LogP contribution in [0.15, 0.2) is 42.7 Å². The Balaban J connectivity index is 0.000000461. The largest absolute Gasteiger partial charge is 0.309 e. The normalized spacial score (nSPS) is 9.07. The first kappa shape index (κ1) is 10.5. The van der Waals surface area contributed by atoms with Crippen molar-refractivity contribution < 1.29 is 0 Å². The highest BCUT2D eigenvalue weighted by molar-refractivity contribution is 5.25. The molecule has 2 heteroatoms. The Kier molecular flexibility index (Phi) is 3.92. The lowest BCUT2D eigenvalue weighted by molar-refractivity contribution is 0.988. The zero-order valence-corrected chi connectivity index (χ0v) is 8.94. The van der Waals surface area contributed by atoms with Crippen molar-refractivity contribution in [3.8, 4) is 5.82 Å². The van der Waals surface area contributed by atoms with Crippen LogP contribution in [0.1, 0.15) is 19.5 Å². The molecule has 74 valence electrons. The summed E-state index contributed by atoms with van der Waals surface area (Å²) in [6, 6.07) is 9.98. The van der Waals surface area contributed by atoms with Crippen LogP contribution in [0.4, 0.5) is 0 Å². The standard InChI is InChI=1S/C10H10N2.C2H6/c1-9-5-4-6-10(11-9)12-7-2-3-8-12;1-2/h2-8H,1H3;1-2H3. The molecule has 0 fully saturated rings. The van der Waals surface area contributed by atoms with E-state index < -0.39 is 0 Å². The van der Waals surface area contributed by atoms with Gasteiger partial charge in [-0.2, -0.15) is 0 Å². The summed E-state index contributed by atoms with van der Waals surface area (Å²) in [5.41, 5.74) is 1.04. The van der Waals surface area contributed by atoms with Crippen LogP contribution in [-0.2, 0) is 0 Å². The first-order valence-corrected chi connectivity index (χ1v) is 4.93. The number of hydrogen-bond donors (Lipinski definition) is 0. The maximum atomic E-state index is 4.38. The van der Waals surface area contributed by atoms with E-state index in [1.165, 1.54) is 0 Å². The Labute approximate surface area is 85.2 Å². The van der Waals surface area contributed by atoms with E-state index in [0.717, 1.165) is 11.5 Å². The molecule has 0 spiro atoms. The van der Waals surface area contributed by atoms with Gasteiger partial charge in [0.2, 0.25) is 0 Å². The molecule has 14 heavy (non-hydrogen) atoms. The average molecular weight is 188 g/mol. The van der Waals surface area contributed by atoms with Crippen molar-refractivity contribution in [2.75, 3.05) is 0 Å². The van der Waals surface area contributed by atoms with Crippen LogP contribution in [0.5, 0.6) is 0 Å². The minimum atomic E-state index is 0.972.